The van der Waals surface area contributed by atoms with E-state index >= 15 is 0 Å². The topological polar surface area (TPSA) is 29.9 Å². The summed E-state index contributed by atoms with van der Waals surface area (Å²) in [5, 5.41) is 7.95. The van der Waals surface area contributed by atoms with Crippen LogP contribution >= 0.6 is 0 Å². The molecule has 1 rings (SSSR count). The molecule has 0 amide bonds. The van der Waals surface area contributed by atoms with Gasteiger partial charge in [0, 0.05) is 12.2 Å². The van der Waals surface area contributed by atoms with E-state index in [0.717, 1.165) is 18.8 Å². The first-order valence-corrected chi connectivity index (χ1v) is 5.88. The van der Waals surface area contributed by atoms with Crippen molar-refractivity contribution in [1.29, 1.82) is 0 Å². The number of unbranched alkanes of at least 4 members (excludes halogenated alkanes) is 1. The van der Waals surface area contributed by atoms with Crippen LogP contribution in [0.15, 0.2) is 6.07 Å². The molecule has 86 valence electrons. The van der Waals surface area contributed by atoms with Crippen LogP contribution in [0.4, 0.5) is 0 Å². The van der Waals surface area contributed by atoms with Gasteiger partial charge in [-0.25, -0.2) is 0 Å². The minimum absolute atomic E-state index is 0.440. The maximum atomic E-state index is 4.49. The van der Waals surface area contributed by atoms with Crippen molar-refractivity contribution in [3.8, 4) is 0 Å². The minimum Gasteiger partial charge on any atom is -0.315 e. The summed E-state index contributed by atoms with van der Waals surface area (Å²) in [6.07, 6.45) is 2.51. The molecular formula is C12H23N3. The third kappa shape index (κ3) is 3.67. The predicted molar refractivity (Wildman–Crippen MR) is 64.2 cm³/mol. The van der Waals surface area contributed by atoms with Crippen molar-refractivity contribution < 1.29 is 0 Å². The molecule has 0 saturated heterocycles. The van der Waals surface area contributed by atoms with Crippen LogP contribution in [0.1, 0.15) is 44.1 Å². The molecule has 0 bridgehead atoms. The fraction of sp³-hybridized carbons (Fsp3) is 0.750. The quantitative estimate of drug-likeness (QED) is 0.729. The second-order valence-electron chi connectivity index (χ2n) is 4.28. The summed E-state index contributed by atoms with van der Waals surface area (Å²) < 4.78 is 2.11. The van der Waals surface area contributed by atoms with Gasteiger partial charge in [-0.3, -0.25) is 4.68 Å². The molecule has 1 unspecified atom stereocenters. The van der Waals surface area contributed by atoms with Gasteiger partial charge >= 0.3 is 0 Å². The van der Waals surface area contributed by atoms with Gasteiger partial charge in [-0.2, -0.15) is 5.10 Å². The molecule has 3 heteroatoms. The molecule has 3 nitrogen and oxygen atoms in total. The first-order valence-electron chi connectivity index (χ1n) is 5.88. The third-order valence-electron chi connectivity index (χ3n) is 2.61. The lowest BCUT2D eigenvalue weighted by Crippen LogP contribution is -2.25. The molecule has 0 fully saturated rings. The Bertz CT molecular complexity index is 291. The Kier molecular flexibility index (Phi) is 4.82. The normalized spacial score (nSPS) is 13.1. The lowest BCUT2D eigenvalue weighted by molar-refractivity contribution is 0.441. The largest absolute Gasteiger partial charge is 0.315 e. The number of aryl methyl sites for hydroxylation is 2. The van der Waals surface area contributed by atoms with E-state index in [1.54, 1.807) is 0 Å². The Hall–Kier alpha value is -0.830. The fourth-order valence-corrected chi connectivity index (χ4v) is 1.79. The van der Waals surface area contributed by atoms with Gasteiger partial charge in [-0.05, 0) is 39.8 Å². The van der Waals surface area contributed by atoms with E-state index in [9.17, 15) is 0 Å². The number of hydrogen-bond donors (Lipinski definition) is 1. The Labute approximate surface area is 92.9 Å². The van der Waals surface area contributed by atoms with E-state index < -0.39 is 0 Å². The van der Waals surface area contributed by atoms with Crippen molar-refractivity contribution in [3.63, 3.8) is 0 Å². The van der Waals surface area contributed by atoms with Crippen LogP contribution in [-0.4, -0.2) is 22.9 Å². The van der Waals surface area contributed by atoms with Gasteiger partial charge in [0.05, 0.1) is 11.7 Å². The van der Waals surface area contributed by atoms with Gasteiger partial charge in [0.15, 0.2) is 0 Å². The predicted octanol–water partition coefficient (Wildman–Crippen LogP) is 2.45. The molecule has 0 saturated carbocycles. The fourth-order valence-electron chi connectivity index (χ4n) is 1.79. The van der Waals surface area contributed by atoms with E-state index in [1.165, 1.54) is 18.5 Å². The Morgan fingerprint density at radius 3 is 2.73 bits per heavy atom. The van der Waals surface area contributed by atoms with Crippen molar-refractivity contribution in [2.75, 3.05) is 13.1 Å². The van der Waals surface area contributed by atoms with Crippen LogP contribution in [0.3, 0.4) is 0 Å². The smallest absolute Gasteiger partial charge is 0.0618 e. The van der Waals surface area contributed by atoms with Gasteiger partial charge in [0.1, 0.15) is 0 Å². The van der Waals surface area contributed by atoms with E-state index in [4.69, 9.17) is 0 Å². The maximum Gasteiger partial charge on any atom is 0.0618 e. The highest BCUT2D eigenvalue weighted by molar-refractivity contribution is 5.07. The molecule has 0 aliphatic rings. The summed E-state index contributed by atoms with van der Waals surface area (Å²) in [5.74, 6) is 0. The summed E-state index contributed by atoms with van der Waals surface area (Å²) in [5.41, 5.74) is 2.35. The number of nitrogens with one attached hydrogen (secondary N) is 1. The third-order valence-corrected chi connectivity index (χ3v) is 2.61. The molecule has 1 N–H and O–H groups in total. The Morgan fingerprint density at radius 2 is 2.20 bits per heavy atom. The number of hydrogen-bond acceptors (Lipinski definition) is 2. The highest BCUT2D eigenvalue weighted by Gasteiger charge is 2.08. The molecule has 0 spiro atoms. The highest BCUT2D eigenvalue weighted by atomic mass is 15.3. The van der Waals surface area contributed by atoms with Gasteiger partial charge in [0.2, 0.25) is 0 Å². The summed E-state index contributed by atoms with van der Waals surface area (Å²) in [6.45, 7) is 10.7. The molecule has 1 heterocycles. The molecule has 15 heavy (non-hydrogen) atoms. The summed E-state index contributed by atoms with van der Waals surface area (Å²) in [7, 11) is 0. The summed E-state index contributed by atoms with van der Waals surface area (Å²) >= 11 is 0. The number of rotatable bonds is 6. The van der Waals surface area contributed by atoms with E-state index in [-0.39, 0.29) is 0 Å². The summed E-state index contributed by atoms with van der Waals surface area (Å²) in [4.78, 5) is 0. The van der Waals surface area contributed by atoms with Crippen molar-refractivity contribution in [2.24, 2.45) is 0 Å². The molecule has 0 aromatic carbocycles. The van der Waals surface area contributed by atoms with Crippen molar-refractivity contribution in [1.82, 2.24) is 15.1 Å². The van der Waals surface area contributed by atoms with E-state index in [1.807, 2.05) is 6.92 Å². The van der Waals surface area contributed by atoms with Crippen LogP contribution in [0, 0.1) is 13.8 Å². The zero-order chi connectivity index (χ0) is 11.3. The van der Waals surface area contributed by atoms with Gasteiger partial charge in [-0.15, -0.1) is 0 Å². The van der Waals surface area contributed by atoms with Gasteiger partial charge in [0.25, 0.3) is 0 Å². The highest BCUT2D eigenvalue weighted by Crippen LogP contribution is 2.09. The molecule has 1 atom stereocenters. The SMILES string of the molecule is CCCCNCC(C)n1nc(C)cc1C. The number of nitrogens with zero attached hydrogens (tertiary/aromatic N) is 2. The summed E-state index contributed by atoms with van der Waals surface area (Å²) in [6, 6.07) is 2.57. The molecule has 0 aliphatic carbocycles. The van der Waals surface area contributed by atoms with Crippen molar-refractivity contribution in [3.05, 3.63) is 17.5 Å². The first kappa shape index (κ1) is 12.2. The maximum absolute atomic E-state index is 4.49. The average molecular weight is 209 g/mol. The first-order chi connectivity index (χ1) is 7.15. The zero-order valence-electron chi connectivity index (χ0n) is 10.4. The Morgan fingerprint density at radius 1 is 1.47 bits per heavy atom. The number of aromatic nitrogens is 2. The van der Waals surface area contributed by atoms with Crippen LogP contribution in [0.5, 0.6) is 0 Å². The minimum atomic E-state index is 0.440. The molecule has 1 aromatic rings. The van der Waals surface area contributed by atoms with E-state index in [0.29, 0.717) is 6.04 Å². The van der Waals surface area contributed by atoms with Gasteiger partial charge in [-0.1, -0.05) is 13.3 Å². The second kappa shape index (κ2) is 5.91. The zero-order valence-corrected chi connectivity index (χ0v) is 10.4. The van der Waals surface area contributed by atoms with Crippen LogP contribution in [-0.2, 0) is 0 Å². The molecular weight excluding hydrogens is 186 g/mol. The van der Waals surface area contributed by atoms with Crippen molar-refractivity contribution >= 4 is 0 Å². The standard InChI is InChI=1S/C12H23N3/c1-5-6-7-13-9-12(4)15-11(3)8-10(2)14-15/h8,12-13H,5-7,9H2,1-4H3. The lowest BCUT2D eigenvalue weighted by atomic mass is 10.3. The lowest BCUT2D eigenvalue weighted by Gasteiger charge is -2.15. The second-order valence-corrected chi connectivity index (χ2v) is 4.28. The van der Waals surface area contributed by atoms with Crippen LogP contribution in [0.25, 0.3) is 0 Å². The molecule has 0 aliphatic heterocycles. The monoisotopic (exact) mass is 209 g/mol. The molecule has 1 aromatic heterocycles. The van der Waals surface area contributed by atoms with Gasteiger partial charge < -0.3 is 5.32 Å². The van der Waals surface area contributed by atoms with E-state index in [2.05, 4.69) is 41.9 Å². The average Bonchev–Trinajstić information content (AvgIpc) is 2.52. The molecule has 0 radical (unpaired) electrons. The Balaban J connectivity index is 2.39. The van der Waals surface area contributed by atoms with Crippen LogP contribution < -0.4 is 5.32 Å². The van der Waals surface area contributed by atoms with Crippen LogP contribution in [0.2, 0.25) is 0 Å². The van der Waals surface area contributed by atoms with Crippen molar-refractivity contribution in [2.45, 2.75) is 46.6 Å².